The Hall–Kier alpha value is -1.64. The van der Waals surface area contributed by atoms with E-state index in [2.05, 4.69) is 47.8 Å². The van der Waals surface area contributed by atoms with E-state index in [-0.39, 0.29) is 5.41 Å². The Morgan fingerprint density at radius 1 is 1.08 bits per heavy atom. The molecule has 3 aliphatic rings. The van der Waals surface area contributed by atoms with E-state index in [4.69, 9.17) is 0 Å². The summed E-state index contributed by atoms with van der Waals surface area (Å²) in [6.45, 7) is 4.05. The minimum atomic E-state index is -0.716. The fourth-order valence-corrected chi connectivity index (χ4v) is 5.10. The first-order valence-corrected chi connectivity index (χ1v) is 9.27. The maximum absolute atomic E-state index is 11.1. The lowest BCUT2D eigenvalue weighted by Gasteiger charge is -2.25. The van der Waals surface area contributed by atoms with Crippen LogP contribution in [0, 0.1) is 0 Å². The Morgan fingerprint density at radius 2 is 1.92 bits per heavy atom. The van der Waals surface area contributed by atoms with Gasteiger partial charge in [0, 0.05) is 12.0 Å². The Bertz CT molecular complexity index is 797. The molecule has 1 spiro atoms. The molecule has 1 heterocycles. The van der Waals surface area contributed by atoms with Crippen LogP contribution in [-0.2, 0) is 11.0 Å². The molecule has 5 rings (SSSR count). The van der Waals surface area contributed by atoms with E-state index in [0.29, 0.717) is 0 Å². The van der Waals surface area contributed by atoms with Crippen molar-refractivity contribution < 1.29 is 5.11 Å². The summed E-state index contributed by atoms with van der Waals surface area (Å²) in [7, 11) is 0. The number of aliphatic hydroxyl groups is 1. The van der Waals surface area contributed by atoms with Gasteiger partial charge in [-0.25, -0.2) is 0 Å². The minimum Gasteiger partial charge on any atom is -0.385 e. The maximum Gasteiger partial charge on any atom is 0.0880 e. The summed E-state index contributed by atoms with van der Waals surface area (Å²) in [6.07, 6.45) is 4.60. The Labute approximate surface area is 143 Å². The van der Waals surface area contributed by atoms with Crippen molar-refractivity contribution in [2.75, 3.05) is 13.1 Å². The smallest absolute Gasteiger partial charge is 0.0880 e. The maximum atomic E-state index is 11.1. The topological polar surface area (TPSA) is 32.3 Å². The number of rotatable bonds is 2. The highest BCUT2D eigenvalue weighted by Crippen LogP contribution is 2.52. The van der Waals surface area contributed by atoms with Gasteiger partial charge in [0.2, 0.25) is 0 Å². The molecule has 24 heavy (non-hydrogen) atoms. The molecule has 2 unspecified atom stereocenters. The summed E-state index contributed by atoms with van der Waals surface area (Å²) in [4.78, 5) is 0. The van der Waals surface area contributed by atoms with Gasteiger partial charge in [-0.05, 0) is 79.0 Å². The molecule has 0 radical (unpaired) electrons. The lowest BCUT2D eigenvalue weighted by atomic mass is 9.80. The molecule has 2 atom stereocenters. The zero-order chi connectivity index (χ0) is 16.4. The van der Waals surface area contributed by atoms with Crippen LogP contribution in [0.1, 0.15) is 55.2 Å². The number of hydrogen-bond donors (Lipinski definition) is 2. The monoisotopic (exact) mass is 319 g/mol. The van der Waals surface area contributed by atoms with Crippen LogP contribution in [0.3, 0.4) is 0 Å². The van der Waals surface area contributed by atoms with Crippen LogP contribution >= 0.6 is 0 Å². The lowest BCUT2D eigenvalue weighted by molar-refractivity contribution is 0.0434. The van der Waals surface area contributed by atoms with Crippen LogP contribution < -0.4 is 5.32 Å². The molecule has 2 N–H and O–H groups in total. The summed E-state index contributed by atoms with van der Waals surface area (Å²) >= 11 is 0. The standard InChI is InChI=1S/C22H25NO/c1-21(24)13-22(10-11-23-14-22)19-9-8-16(12-20(19)21)18-5-3-2-4-17(18)15-6-7-15/h2-5,8-9,12,15,23-24H,6-7,10-11,13-14H2,1H3. The van der Waals surface area contributed by atoms with Crippen molar-refractivity contribution in [3.8, 4) is 11.1 Å². The van der Waals surface area contributed by atoms with Crippen LogP contribution in [0.15, 0.2) is 42.5 Å². The summed E-state index contributed by atoms with van der Waals surface area (Å²) in [5, 5.41) is 14.6. The lowest BCUT2D eigenvalue weighted by Crippen LogP contribution is -2.29. The molecule has 0 bridgehead atoms. The first kappa shape index (κ1) is 14.7. The second kappa shape index (κ2) is 4.93. The molecule has 2 heteroatoms. The number of benzene rings is 2. The summed E-state index contributed by atoms with van der Waals surface area (Å²) in [5.41, 5.74) is 6.02. The Morgan fingerprint density at radius 3 is 2.67 bits per heavy atom. The fraction of sp³-hybridized carbons (Fsp3) is 0.455. The molecule has 124 valence electrons. The van der Waals surface area contributed by atoms with Gasteiger partial charge >= 0.3 is 0 Å². The summed E-state index contributed by atoms with van der Waals surface area (Å²) in [5.74, 6) is 0.736. The van der Waals surface area contributed by atoms with Crippen LogP contribution in [-0.4, -0.2) is 18.2 Å². The second-order valence-electron chi connectivity index (χ2n) is 8.28. The van der Waals surface area contributed by atoms with E-state index in [1.165, 1.54) is 35.1 Å². The first-order valence-electron chi connectivity index (χ1n) is 9.27. The average molecular weight is 319 g/mol. The molecule has 0 aromatic heterocycles. The summed E-state index contributed by atoms with van der Waals surface area (Å²) < 4.78 is 0. The van der Waals surface area contributed by atoms with E-state index >= 15 is 0 Å². The molecular weight excluding hydrogens is 294 g/mol. The molecule has 2 aromatic carbocycles. The van der Waals surface area contributed by atoms with E-state index < -0.39 is 5.60 Å². The number of fused-ring (bicyclic) bond motifs is 2. The molecule has 1 saturated heterocycles. The molecule has 2 aliphatic carbocycles. The van der Waals surface area contributed by atoms with Crippen LogP contribution in [0.25, 0.3) is 11.1 Å². The third-order valence-corrected chi connectivity index (χ3v) is 6.39. The largest absolute Gasteiger partial charge is 0.385 e. The van der Waals surface area contributed by atoms with Crippen molar-refractivity contribution in [3.63, 3.8) is 0 Å². The van der Waals surface area contributed by atoms with Gasteiger partial charge in [-0.3, -0.25) is 0 Å². The van der Waals surface area contributed by atoms with Crippen molar-refractivity contribution in [2.24, 2.45) is 0 Å². The molecule has 1 aliphatic heterocycles. The minimum absolute atomic E-state index is 0.132. The molecule has 2 nitrogen and oxygen atoms in total. The van der Waals surface area contributed by atoms with E-state index in [9.17, 15) is 5.11 Å². The molecule has 0 amide bonds. The van der Waals surface area contributed by atoms with Gasteiger partial charge < -0.3 is 10.4 Å². The second-order valence-corrected chi connectivity index (χ2v) is 8.28. The van der Waals surface area contributed by atoms with Crippen LogP contribution in [0.2, 0.25) is 0 Å². The predicted octanol–water partition coefficient (Wildman–Crippen LogP) is 4.07. The van der Waals surface area contributed by atoms with E-state index in [1.807, 2.05) is 6.92 Å². The normalized spacial score (nSPS) is 31.6. The van der Waals surface area contributed by atoms with Crippen molar-refractivity contribution in [1.29, 1.82) is 0 Å². The highest BCUT2D eigenvalue weighted by Gasteiger charge is 2.50. The third kappa shape index (κ3) is 2.09. The Balaban J connectivity index is 1.64. The molecule has 2 aromatic rings. The van der Waals surface area contributed by atoms with E-state index in [0.717, 1.165) is 37.4 Å². The van der Waals surface area contributed by atoms with Crippen molar-refractivity contribution in [3.05, 3.63) is 59.2 Å². The average Bonchev–Trinajstić information content (AvgIpc) is 3.29. The Kier molecular flexibility index (Phi) is 3.02. The quantitative estimate of drug-likeness (QED) is 0.874. The number of nitrogens with one attached hydrogen (secondary N) is 1. The zero-order valence-electron chi connectivity index (χ0n) is 14.3. The van der Waals surface area contributed by atoms with Crippen LogP contribution in [0.5, 0.6) is 0 Å². The van der Waals surface area contributed by atoms with E-state index in [1.54, 1.807) is 0 Å². The number of hydrogen-bond acceptors (Lipinski definition) is 2. The predicted molar refractivity (Wildman–Crippen MR) is 97.2 cm³/mol. The fourth-order valence-electron chi connectivity index (χ4n) is 5.10. The van der Waals surface area contributed by atoms with Gasteiger partial charge in [0.25, 0.3) is 0 Å². The van der Waals surface area contributed by atoms with Gasteiger partial charge in [0.15, 0.2) is 0 Å². The SMILES string of the molecule is CC1(O)CC2(CCNC2)c2ccc(-c3ccccc3C3CC3)cc21. The highest BCUT2D eigenvalue weighted by atomic mass is 16.3. The van der Waals surface area contributed by atoms with Gasteiger partial charge in [0.1, 0.15) is 0 Å². The summed E-state index contributed by atoms with van der Waals surface area (Å²) in [6, 6.07) is 15.6. The van der Waals surface area contributed by atoms with Crippen LogP contribution in [0.4, 0.5) is 0 Å². The van der Waals surface area contributed by atoms with Gasteiger partial charge in [-0.15, -0.1) is 0 Å². The van der Waals surface area contributed by atoms with Crippen molar-refractivity contribution in [2.45, 2.75) is 49.5 Å². The van der Waals surface area contributed by atoms with Crippen molar-refractivity contribution >= 4 is 0 Å². The van der Waals surface area contributed by atoms with Gasteiger partial charge in [0.05, 0.1) is 5.60 Å². The van der Waals surface area contributed by atoms with Gasteiger partial charge in [-0.1, -0.05) is 36.4 Å². The van der Waals surface area contributed by atoms with Crippen molar-refractivity contribution in [1.82, 2.24) is 5.32 Å². The molecule has 1 saturated carbocycles. The molecule has 2 fully saturated rings. The van der Waals surface area contributed by atoms with Gasteiger partial charge in [-0.2, -0.15) is 0 Å². The first-order chi connectivity index (χ1) is 11.6. The zero-order valence-corrected chi connectivity index (χ0v) is 14.3. The third-order valence-electron chi connectivity index (χ3n) is 6.39. The molecular formula is C22H25NO. The highest BCUT2D eigenvalue weighted by molar-refractivity contribution is 5.71.